The molecule has 0 bridgehead atoms. The van der Waals surface area contributed by atoms with E-state index in [0.717, 1.165) is 0 Å². The van der Waals surface area contributed by atoms with E-state index in [1.54, 1.807) is 18.2 Å². The molecule has 0 aliphatic rings. The predicted octanol–water partition coefficient (Wildman–Crippen LogP) is 1.06. The zero-order chi connectivity index (χ0) is 15.9. The second-order valence-electron chi connectivity index (χ2n) is 4.50. The van der Waals surface area contributed by atoms with Crippen LogP contribution in [0.5, 0.6) is 5.75 Å². The normalized spacial score (nSPS) is 11.7. The number of carbonyl (C=O) groups excluding carboxylic acids is 2. The number of benzene rings is 1. The summed E-state index contributed by atoms with van der Waals surface area (Å²) in [5.74, 6) is -1.67. The third-order valence-electron chi connectivity index (χ3n) is 2.91. The van der Waals surface area contributed by atoms with E-state index in [1.807, 2.05) is 5.48 Å². The maximum Gasteiger partial charge on any atom is 0.347 e. The number of phenols is 1. The molecule has 2 rings (SSSR count). The van der Waals surface area contributed by atoms with Crippen molar-refractivity contribution in [3.63, 3.8) is 0 Å². The van der Waals surface area contributed by atoms with Crippen molar-refractivity contribution in [2.24, 2.45) is 0 Å². The standard InChI is InChI=1S/C15H14N2O5/c18-12-5-3-10(4-6-12)8-13(17-21)15(20)22-14(19)11-2-1-7-16-9-11/h1-7,9,13,17-18,21H,8H2. The maximum absolute atomic E-state index is 11.9. The molecule has 3 N–H and O–H groups in total. The first-order valence-electron chi connectivity index (χ1n) is 6.43. The molecule has 0 aliphatic heterocycles. The topological polar surface area (TPSA) is 109 Å². The van der Waals surface area contributed by atoms with E-state index in [0.29, 0.717) is 5.56 Å². The number of esters is 2. The number of aromatic nitrogens is 1. The average molecular weight is 302 g/mol. The van der Waals surface area contributed by atoms with Crippen LogP contribution in [0, 0.1) is 0 Å². The van der Waals surface area contributed by atoms with Crippen molar-refractivity contribution in [3.05, 3.63) is 59.9 Å². The van der Waals surface area contributed by atoms with Gasteiger partial charge in [-0.3, -0.25) is 4.98 Å². The van der Waals surface area contributed by atoms with E-state index >= 15 is 0 Å². The number of carbonyl (C=O) groups is 2. The van der Waals surface area contributed by atoms with Gasteiger partial charge >= 0.3 is 11.9 Å². The first-order chi connectivity index (χ1) is 10.6. The second kappa shape index (κ2) is 7.30. The van der Waals surface area contributed by atoms with Gasteiger partial charge in [0.2, 0.25) is 0 Å². The quantitative estimate of drug-likeness (QED) is 0.430. The van der Waals surface area contributed by atoms with Gasteiger partial charge in [-0.05, 0) is 29.8 Å². The van der Waals surface area contributed by atoms with Gasteiger partial charge in [0, 0.05) is 18.8 Å². The Bertz CT molecular complexity index is 643. The van der Waals surface area contributed by atoms with Crippen LogP contribution in [0.4, 0.5) is 0 Å². The summed E-state index contributed by atoms with van der Waals surface area (Å²) in [5, 5.41) is 18.3. The fraction of sp³-hybridized carbons (Fsp3) is 0.133. The zero-order valence-electron chi connectivity index (χ0n) is 11.5. The molecule has 0 aliphatic carbocycles. The van der Waals surface area contributed by atoms with Crippen molar-refractivity contribution >= 4 is 11.9 Å². The minimum absolute atomic E-state index is 0.0894. The van der Waals surface area contributed by atoms with E-state index < -0.39 is 18.0 Å². The monoisotopic (exact) mass is 302 g/mol. The smallest absolute Gasteiger partial charge is 0.347 e. The van der Waals surface area contributed by atoms with Gasteiger partial charge in [0.1, 0.15) is 11.8 Å². The summed E-state index contributed by atoms with van der Waals surface area (Å²) in [5.41, 5.74) is 2.63. The van der Waals surface area contributed by atoms with E-state index in [4.69, 9.17) is 9.94 Å². The fourth-order valence-electron chi connectivity index (χ4n) is 1.75. The van der Waals surface area contributed by atoms with E-state index in [9.17, 15) is 14.7 Å². The maximum atomic E-state index is 11.9. The van der Waals surface area contributed by atoms with E-state index in [1.165, 1.54) is 30.6 Å². The summed E-state index contributed by atoms with van der Waals surface area (Å²) in [6, 6.07) is 7.99. The molecule has 7 nitrogen and oxygen atoms in total. The van der Waals surface area contributed by atoms with Gasteiger partial charge in [0.05, 0.1) is 5.56 Å². The van der Waals surface area contributed by atoms with Crippen LogP contribution in [0.15, 0.2) is 48.8 Å². The molecule has 1 unspecified atom stereocenters. The Morgan fingerprint density at radius 2 is 1.95 bits per heavy atom. The molecule has 0 amide bonds. The number of phenolic OH excluding ortho intramolecular Hbond substituents is 1. The second-order valence-corrected chi connectivity index (χ2v) is 4.50. The Kier molecular flexibility index (Phi) is 5.18. The molecule has 7 heteroatoms. The molecule has 0 saturated carbocycles. The van der Waals surface area contributed by atoms with Crippen molar-refractivity contribution in [2.45, 2.75) is 12.5 Å². The highest BCUT2D eigenvalue weighted by Crippen LogP contribution is 2.12. The molecule has 1 aromatic carbocycles. The highest BCUT2D eigenvalue weighted by Gasteiger charge is 2.23. The largest absolute Gasteiger partial charge is 0.508 e. The summed E-state index contributed by atoms with van der Waals surface area (Å²) in [7, 11) is 0. The lowest BCUT2D eigenvalue weighted by molar-refractivity contribution is -0.143. The molecule has 0 saturated heterocycles. The number of nitrogens with one attached hydrogen (secondary N) is 1. The highest BCUT2D eigenvalue weighted by atomic mass is 16.6. The zero-order valence-corrected chi connectivity index (χ0v) is 11.5. The first kappa shape index (κ1) is 15.6. The number of aromatic hydroxyl groups is 1. The minimum atomic E-state index is -1.11. The molecule has 1 aromatic heterocycles. The molecule has 2 aromatic rings. The Hall–Kier alpha value is -2.77. The van der Waals surface area contributed by atoms with Crippen LogP contribution < -0.4 is 5.48 Å². The van der Waals surface area contributed by atoms with E-state index in [-0.39, 0.29) is 17.7 Å². The molecule has 0 spiro atoms. The van der Waals surface area contributed by atoms with Gasteiger partial charge < -0.3 is 15.1 Å². The van der Waals surface area contributed by atoms with Crippen LogP contribution in [0.2, 0.25) is 0 Å². The van der Waals surface area contributed by atoms with Crippen LogP contribution in [0.1, 0.15) is 15.9 Å². The first-order valence-corrected chi connectivity index (χ1v) is 6.43. The summed E-state index contributed by atoms with van der Waals surface area (Å²) in [6.07, 6.45) is 2.86. The Morgan fingerprint density at radius 3 is 2.55 bits per heavy atom. The van der Waals surface area contributed by atoms with Crippen LogP contribution in [-0.4, -0.2) is 33.3 Å². The number of hydroxylamine groups is 1. The molecule has 114 valence electrons. The summed E-state index contributed by atoms with van der Waals surface area (Å²) >= 11 is 0. The molecule has 1 heterocycles. The van der Waals surface area contributed by atoms with Crippen LogP contribution in [0.3, 0.4) is 0 Å². The van der Waals surface area contributed by atoms with E-state index in [2.05, 4.69) is 4.98 Å². The number of ether oxygens (including phenoxy) is 1. The third-order valence-corrected chi connectivity index (χ3v) is 2.91. The Labute approximate surface area is 126 Å². The summed E-state index contributed by atoms with van der Waals surface area (Å²) in [4.78, 5) is 27.4. The van der Waals surface area contributed by atoms with Crippen molar-refractivity contribution in [1.29, 1.82) is 0 Å². The van der Waals surface area contributed by atoms with Gasteiger partial charge in [-0.25, -0.2) is 9.59 Å². The van der Waals surface area contributed by atoms with Gasteiger partial charge in [-0.2, -0.15) is 5.48 Å². The fourth-order valence-corrected chi connectivity index (χ4v) is 1.75. The molecule has 22 heavy (non-hydrogen) atoms. The minimum Gasteiger partial charge on any atom is -0.508 e. The molecular formula is C15H14N2O5. The molecular weight excluding hydrogens is 288 g/mol. The average Bonchev–Trinajstić information content (AvgIpc) is 2.55. The van der Waals surface area contributed by atoms with Gasteiger partial charge in [0.15, 0.2) is 0 Å². The van der Waals surface area contributed by atoms with Gasteiger partial charge in [-0.1, -0.05) is 12.1 Å². The lowest BCUT2D eigenvalue weighted by atomic mass is 10.1. The number of hydrogen-bond donors (Lipinski definition) is 3. The molecule has 0 fully saturated rings. The molecule has 0 radical (unpaired) electrons. The number of nitrogens with zero attached hydrogens (tertiary/aromatic N) is 1. The Morgan fingerprint density at radius 1 is 1.23 bits per heavy atom. The number of hydrogen-bond acceptors (Lipinski definition) is 7. The lowest BCUT2D eigenvalue weighted by Crippen LogP contribution is -2.38. The highest BCUT2D eigenvalue weighted by molar-refractivity contribution is 5.97. The van der Waals surface area contributed by atoms with Gasteiger partial charge in [-0.15, -0.1) is 0 Å². The number of rotatable bonds is 5. The van der Waals surface area contributed by atoms with Crippen LogP contribution in [0.25, 0.3) is 0 Å². The lowest BCUT2D eigenvalue weighted by Gasteiger charge is -2.13. The van der Waals surface area contributed by atoms with Crippen LogP contribution >= 0.6 is 0 Å². The third kappa shape index (κ3) is 4.11. The van der Waals surface area contributed by atoms with Crippen molar-refractivity contribution in [2.75, 3.05) is 0 Å². The summed E-state index contributed by atoms with van der Waals surface area (Å²) in [6.45, 7) is 0. The Balaban J connectivity index is 1.99. The summed E-state index contributed by atoms with van der Waals surface area (Å²) < 4.78 is 4.70. The van der Waals surface area contributed by atoms with Crippen molar-refractivity contribution < 1.29 is 24.6 Å². The van der Waals surface area contributed by atoms with Crippen molar-refractivity contribution in [1.82, 2.24) is 10.5 Å². The van der Waals surface area contributed by atoms with Crippen LogP contribution in [-0.2, 0) is 16.0 Å². The predicted molar refractivity (Wildman–Crippen MR) is 75.2 cm³/mol. The number of pyridine rings is 1. The SMILES string of the molecule is O=C(OC(=O)C(Cc1ccc(O)cc1)NO)c1cccnc1. The van der Waals surface area contributed by atoms with Crippen molar-refractivity contribution in [3.8, 4) is 5.75 Å². The van der Waals surface area contributed by atoms with Gasteiger partial charge in [0.25, 0.3) is 0 Å². The molecule has 1 atom stereocenters.